The van der Waals surface area contributed by atoms with E-state index in [0.29, 0.717) is 19.6 Å². The largest absolute Gasteiger partial charge is 0.378 e. The molecule has 1 aliphatic rings. The van der Waals surface area contributed by atoms with E-state index in [9.17, 15) is 13.2 Å². The van der Waals surface area contributed by atoms with Crippen LogP contribution in [0.25, 0.3) is 0 Å². The molecule has 1 amide bonds. The Morgan fingerprint density at radius 3 is 2.54 bits per heavy atom. The van der Waals surface area contributed by atoms with Crippen LogP contribution in [0.4, 0.5) is 5.69 Å². The van der Waals surface area contributed by atoms with Crippen molar-refractivity contribution in [2.24, 2.45) is 5.92 Å². The lowest BCUT2D eigenvalue weighted by molar-refractivity contribution is -0.126. The quantitative estimate of drug-likeness (QED) is 0.840. The van der Waals surface area contributed by atoms with E-state index in [2.05, 4.69) is 5.32 Å². The summed E-state index contributed by atoms with van der Waals surface area (Å²) in [6.07, 6.45) is 1.47. The van der Waals surface area contributed by atoms with Gasteiger partial charge in [-0.3, -0.25) is 4.79 Å². The summed E-state index contributed by atoms with van der Waals surface area (Å²) in [5.74, 6) is -0.247. The molecule has 0 aliphatic carbocycles. The zero-order valence-electron chi connectivity index (χ0n) is 14.7. The minimum Gasteiger partial charge on any atom is -0.378 e. The van der Waals surface area contributed by atoms with Gasteiger partial charge in [0, 0.05) is 39.4 Å². The Kier molecular flexibility index (Phi) is 6.23. The number of rotatable bonds is 6. The predicted octanol–water partition coefficient (Wildman–Crippen LogP) is 1.43. The zero-order chi connectivity index (χ0) is 17.7. The third kappa shape index (κ3) is 4.70. The summed E-state index contributed by atoms with van der Waals surface area (Å²) in [7, 11) is 0.745. The number of nitrogens with zero attached hydrogens (tertiary/aromatic N) is 2. The van der Waals surface area contributed by atoms with E-state index in [1.165, 1.54) is 4.31 Å². The van der Waals surface area contributed by atoms with Crippen LogP contribution in [0.3, 0.4) is 0 Å². The number of hydrogen-bond donors (Lipinski definition) is 1. The number of anilines is 1. The predicted molar refractivity (Wildman–Crippen MR) is 96.4 cm³/mol. The molecule has 7 heteroatoms. The maximum atomic E-state index is 12.4. The first-order valence-corrected chi connectivity index (χ1v) is 9.96. The maximum absolute atomic E-state index is 12.4. The van der Waals surface area contributed by atoms with Crippen molar-refractivity contribution < 1.29 is 13.2 Å². The van der Waals surface area contributed by atoms with Crippen LogP contribution >= 0.6 is 0 Å². The average molecular weight is 353 g/mol. The fourth-order valence-electron chi connectivity index (χ4n) is 2.84. The highest BCUT2D eigenvalue weighted by atomic mass is 32.2. The van der Waals surface area contributed by atoms with Gasteiger partial charge < -0.3 is 10.2 Å². The number of carbonyl (C=O) groups excluding carboxylic acids is 1. The van der Waals surface area contributed by atoms with Crippen molar-refractivity contribution in [1.29, 1.82) is 0 Å². The Hall–Kier alpha value is -1.60. The SMILES string of the molecule is CCS(=O)(=O)N1CCC[C@H](C(=O)NCc2ccc(N(C)C)cc2)C1. The molecule has 1 saturated heterocycles. The summed E-state index contributed by atoms with van der Waals surface area (Å²) in [6.45, 7) is 2.91. The van der Waals surface area contributed by atoms with Crippen LogP contribution in [-0.2, 0) is 21.4 Å². The smallest absolute Gasteiger partial charge is 0.224 e. The van der Waals surface area contributed by atoms with Crippen molar-refractivity contribution in [2.75, 3.05) is 37.8 Å². The number of carbonyl (C=O) groups is 1. The third-order valence-electron chi connectivity index (χ3n) is 4.43. The first kappa shape index (κ1) is 18.7. The standard InChI is InChI=1S/C17H27N3O3S/c1-4-24(22,23)20-11-5-6-15(13-20)17(21)18-12-14-7-9-16(10-8-14)19(2)3/h7-10,15H,4-6,11-13H2,1-3H3,(H,18,21)/t15-/m0/s1. The monoisotopic (exact) mass is 353 g/mol. The second-order valence-corrected chi connectivity index (χ2v) is 8.63. The Labute approximate surface area is 144 Å². The molecular formula is C17H27N3O3S. The fraction of sp³-hybridized carbons (Fsp3) is 0.588. The minimum absolute atomic E-state index is 0.0670. The van der Waals surface area contributed by atoms with Gasteiger partial charge in [-0.1, -0.05) is 12.1 Å². The van der Waals surface area contributed by atoms with Crippen LogP contribution in [0.1, 0.15) is 25.3 Å². The molecule has 0 bridgehead atoms. The van der Waals surface area contributed by atoms with E-state index >= 15 is 0 Å². The summed E-state index contributed by atoms with van der Waals surface area (Å²) in [5.41, 5.74) is 2.14. The summed E-state index contributed by atoms with van der Waals surface area (Å²) in [4.78, 5) is 14.4. The van der Waals surface area contributed by atoms with E-state index in [1.54, 1.807) is 6.92 Å². The van der Waals surface area contributed by atoms with Crippen LogP contribution in [0.5, 0.6) is 0 Å². The van der Waals surface area contributed by atoms with Gasteiger partial charge in [-0.25, -0.2) is 12.7 Å². The highest BCUT2D eigenvalue weighted by Crippen LogP contribution is 2.20. The summed E-state index contributed by atoms with van der Waals surface area (Å²) in [6, 6.07) is 8.00. The Morgan fingerprint density at radius 2 is 1.96 bits per heavy atom. The normalized spacial score (nSPS) is 19.0. The van der Waals surface area contributed by atoms with E-state index in [0.717, 1.165) is 24.1 Å². The molecule has 0 radical (unpaired) electrons. The van der Waals surface area contributed by atoms with Crippen molar-refractivity contribution in [3.8, 4) is 0 Å². The molecule has 0 aromatic heterocycles. The van der Waals surface area contributed by atoms with Gasteiger partial charge in [0.2, 0.25) is 15.9 Å². The number of sulfonamides is 1. The van der Waals surface area contributed by atoms with Gasteiger partial charge in [0.25, 0.3) is 0 Å². The van der Waals surface area contributed by atoms with E-state index in [1.807, 2.05) is 43.3 Å². The van der Waals surface area contributed by atoms with Crippen molar-refractivity contribution >= 4 is 21.6 Å². The zero-order valence-corrected chi connectivity index (χ0v) is 15.5. The highest BCUT2D eigenvalue weighted by molar-refractivity contribution is 7.89. The first-order valence-electron chi connectivity index (χ1n) is 8.35. The first-order chi connectivity index (χ1) is 11.3. The molecule has 6 nitrogen and oxygen atoms in total. The Bertz CT molecular complexity index is 656. The Morgan fingerprint density at radius 1 is 1.29 bits per heavy atom. The highest BCUT2D eigenvalue weighted by Gasteiger charge is 2.31. The van der Waals surface area contributed by atoms with Crippen LogP contribution in [-0.4, -0.2) is 51.6 Å². The third-order valence-corrected chi connectivity index (χ3v) is 6.28. The summed E-state index contributed by atoms with van der Waals surface area (Å²) in [5, 5.41) is 2.93. The molecule has 0 unspecified atom stereocenters. The molecule has 1 N–H and O–H groups in total. The van der Waals surface area contributed by atoms with Gasteiger partial charge in [0.15, 0.2) is 0 Å². The van der Waals surface area contributed by atoms with E-state index in [-0.39, 0.29) is 17.6 Å². The van der Waals surface area contributed by atoms with E-state index in [4.69, 9.17) is 0 Å². The molecule has 1 atom stereocenters. The van der Waals surface area contributed by atoms with Gasteiger partial charge in [-0.15, -0.1) is 0 Å². The van der Waals surface area contributed by atoms with Crippen molar-refractivity contribution in [3.05, 3.63) is 29.8 Å². The number of piperidine rings is 1. The molecule has 1 aromatic rings. The second kappa shape index (κ2) is 7.98. The molecule has 0 spiro atoms. The van der Waals surface area contributed by atoms with Crippen LogP contribution < -0.4 is 10.2 Å². The van der Waals surface area contributed by atoms with Gasteiger partial charge in [0.1, 0.15) is 0 Å². The molecular weight excluding hydrogens is 326 g/mol. The minimum atomic E-state index is -3.22. The number of amides is 1. The maximum Gasteiger partial charge on any atom is 0.224 e. The summed E-state index contributed by atoms with van der Waals surface area (Å²) >= 11 is 0. The lowest BCUT2D eigenvalue weighted by Crippen LogP contribution is -2.45. The molecule has 1 aliphatic heterocycles. The number of benzene rings is 1. The van der Waals surface area contributed by atoms with Crippen molar-refractivity contribution in [2.45, 2.75) is 26.3 Å². The van der Waals surface area contributed by atoms with Crippen LogP contribution in [0.2, 0.25) is 0 Å². The fourth-order valence-corrected chi connectivity index (χ4v) is 4.02. The van der Waals surface area contributed by atoms with Crippen molar-refractivity contribution in [1.82, 2.24) is 9.62 Å². The van der Waals surface area contributed by atoms with Crippen LogP contribution in [0.15, 0.2) is 24.3 Å². The van der Waals surface area contributed by atoms with Crippen molar-refractivity contribution in [3.63, 3.8) is 0 Å². The molecule has 1 aromatic carbocycles. The summed E-state index contributed by atoms with van der Waals surface area (Å²) < 4.78 is 25.4. The van der Waals surface area contributed by atoms with Crippen LogP contribution in [0, 0.1) is 5.92 Å². The second-order valence-electron chi connectivity index (χ2n) is 6.38. The topological polar surface area (TPSA) is 69.7 Å². The molecule has 0 saturated carbocycles. The lowest BCUT2D eigenvalue weighted by atomic mass is 9.99. The molecule has 1 fully saturated rings. The lowest BCUT2D eigenvalue weighted by Gasteiger charge is -2.30. The molecule has 24 heavy (non-hydrogen) atoms. The van der Waals surface area contributed by atoms with Gasteiger partial charge in [0.05, 0.1) is 11.7 Å². The van der Waals surface area contributed by atoms with Gasteiger partial charge >= 0.3 is 0 Å². The molecule has 2 rings (SSSR count). The number of hydrogen-bond acceptors (Lipinski definition) is 4. The van der Waals surface area contributed by atoms with Gasteiger partial charge in [-0.2, -0.15) is 0 Å². The number of nitrogens with one attached hydrogen (secondary N) is 1. The average Bonchev–Trinajstić information content (AvgIpc) is 2.60. The molecule has 1 heterocycles. The molecule has 134 valence electrons. The van der Waals surface area contributed by atoms with E-state index < -0.39 is 10.0 Å². The van der Waals surface area contributed by atoms with Gasteiger partial charge in [-0.05, 0) is 37.5 Å². The Balaban J connectivity index is 1.90.